The Balaban J connectivity index is 1.63. The van der Waals surface area contributed by atoms with Crippen molar-refractivity contribution >= 4 is 10.9 Å². The Kier molecular flexibility index (Phi) is 3.84. The van der Waals surface area contributed by atoms with Crippen molar-refractivity contribution in [3.63, 3.8) is 0 Å². The molecule has 0 amide bonds. The predicted octanol–water partition coefficient (Wildman–Crippen LogP) is 4.81. The van der Waals surface area contributed by atoms with Crippen LogP contribution in [0.25, 0.3) is 22.0 Å². The second kappa shape index (κ2) is 6.13. The Morgan fingerprint density at radius 3 is 2.48 bits per heavy atom. The minimum absolute atomic E-state index is 1.07. The van der Waals surface area contributed by atoms with Crippen molar-refractivity contribution in [1.82, 2.24) is 9.88 Å². The van der Waals surface area contributed by atoms with Gasteiger partial charge in [-0.3, -0.25) is 9.88 Å². The number of fused-ring (bicyclic) bond motifs is 1. The van der Waals surface area contributed by atoms with Gasteiger partial charge >= 0.3 is 0 Å². The molecule has 23 heavy (non-hydrogen) atoms. The van der Waals surface area contributed by atoms with Gasteiger partial charge in [-0.15, -0.1) is 0 Å². The molecule has 0 spiro atoms. The molecule has 2 heterocycles. The van der Waals surface area contributed by atoms with E-state index in [2.05, 4.69) is 60.4 Å². The monoisotopic (exact) mass is 302 g/mol. The molecule has 4 rings (SSSR count). The van der Waals surface area contributed by atoms with Crippen LogP contribution in [-0.4, -0.2) is 23.0 Å². The molecular formula is C21H22N2. The lowest BCUT2D eigenvalue weighted by Gasteiger charge is -2.15. The van der Waals surface area contributed by atoms with E-state index in [9.17, 15) is 0 Å². The summed E-state index contributed by atoms with van der Waals surface area (Å²) in [5.41, 5.74) is 6.06. The quantitative estimate of drug-likeness (QED) is 0.690. The zero-order chi connectivity index (χ0) is 15.6. The van der Waals surface area contributed by atoms with Crippen molar-refractivity contribution in [1.29, 1.82) is 0 Å². The van der Waals surface area contributed by atoms with Gasteiger partial charge in [0.1, 0.15) is 0 Å². The second-order valence-electron chi connectivity index (χ2n) is 6.49. The fourth-order valence-corrected chi connectivity index (χ4v) is 3.49. The average molecular weight is 302 g/mol. The third-order valence-corrected chi connectivity index (χ3v) is 4.78. The summed E-state index contributed by atoms with van der Waals surface area (Å²) >= 11 is 0. The van der Waals surface area contributed by atoms with Gasteiger partial charge in [-0.25, -0.2) is 0 Å². The fraction of sp³-hybridized carbons (Fsp3) is 0.286. The van der Waals surface area contributed by atoms with Crippen molar-refractivity contribution < 1.29 is 0 Å². The van der Waals surface area contributed by atoms with Gasteiger partial charge in [0.2, 0.25) is 0 Å². The maximum Gasteiger partial charge on any atom is 0.0705 e. The lowest BCUT2D eigenvalue weighted by atomic mass is 10.0. The lowest BCUT2D eigenvalue weighted by molar-refractivity contribution is 0.331. The molecule has 1 aliphatic rings. The molecule has 1 aromatic heterocycles. The van der Waals surface area contributed by atoms with Gasteiger partial charge in [0.05, 0.1) is 5.52 Å². The third-order valence-electron chi connectivity index (χ3n) is 4.78. The van der Waals surface area contributed by atoms with Crippen molar-refractivity contribution in [3.8, 4) is 11.1 Å². The smallest absolute Gasteiger partial charge is 0.0705 e. The summed E-state index contributed by atoms with van der Waals surface area (Å²) in [6.45, 7) is 5.67. The van der Waals surface area contributed by atoms with Crippen LogP contribution in [0.5, 0.6) is 0 Å². The van der Waals surface area contributed by atoms with Crippen LogP contribution in [0.4, 0.5) is 0 Å². The standard InChI is InChI=1S/C21H22N2/c1-16-20(14-19-6-2-3-7-21(19)22-16)18-10-8-17(9-11-18)15-23-12-4-5-13-23/h2-3,6-11,14H,4-5,12-13,15H2,1H3. The first-order valence-electron chi connectivity index (χ1n) is 8.48. The summed E-state index contributed by atoms with van der Waals surface area (Å²) < 4.78 is 0. The number of benzene rings is 2. The van der Waals surface area contributed by atoms with Crippen molar-refractivity contribution in [3.05, 3.63) is 65.9 Å². The van der Waals surface area contributed by atoms with Crippen molar-refractivity contribution in [2.24, 2.45) is 0 Å². The number of rotatable bonds is 3. The minimum Gasteiger partial charge on any atom is -0.299 e. The van der Waals surface area contributed by atoms with E-state index in [0.29, 0.717) is 0 Å². The van der Waals surface area contributed by atoms with E-state index in [1.165, 1.54) is 48.0 Å². The second-order valence-corrected chi connectivity index (χ2v) is 6.49. The molecule has 0 unspecified atom stereocenters. The van der Waals surface area contributed by atoms with Crippen LogP contribution < -0.4 is 0 Å². The normalized spacial score (nSPS) is 15.3. The number of likely N-dealkylation sites (tertiary alicyclic amines) is 1. The average Bonchev–Trinajstić information content (AvgIpc) is 3.08. The number of aromatic nitrogens is 1. The molecule has 116 valence electrons. The number of aryl methyl sites for hydroxylation is 1. The van der Waals surface area contributed by atoms with Crippen LogP contribution >= 0.6 is 0 Å². The first kappa shape index (κ1) is 14.4. The Labute approximate surface area is 137 Å². The van der Waals surface area contributed by atoms with E-state index in [1.54, 1.807) is 0 Å². The van der Waals surface area contributed by atoms with E-state index in [1.807, 2.05) is 6.07 Å². The van der Waals surface area contributed by atoms with E-state index in [4.69, 9.17) is 4.98 Å². The zero-order valence-corrected chi connectivity index (χ0v) is 13.6. The lowest BCUT2D eigenvalue weighted by Crippen LogP contribution is -2.18. The Morgan fingerprint density at radius 1 is 0.957 bits per heavy atom. The van der Waals surface area contributed by atoms with Crippen LogP contribution in [0.15, 0.2) is 54.6 Å². The van der Waals surface area contributed by atoms with Crippen molar-refractivity contribution in [2.45, 2.75) is 26.3 Å². The molecule has 0 bridgehead atoms. The number of hydrogen-bond acceptors (Lipinski definition) is 2. The molecule has 0 radical (unpaired) electrons. The summed E-state index contributed by atoms with van der Waals surface area (Å²) in [6, 6.07) is 19.6. The zero-order valence-electron chi connectivity index (χ0n) is 13.6. The summed E-state index contributed by atoms with van der Waals surface area (Å²) in [6.07, 6.45) is 2.69. The van der Waals surface area contributed by atoms with Gasteiger partial charge in [-0.1, -0.05) is 42.5 Å². The molecule has 2 aromatic carbocycles. The Bertz CT molecular complexity index is 815. The molecule has 0 aliphatic carbocycles. The third kappa shape index (κ3) is 2.99. The topological polar surface area (TPSA) is 16.1 Å². The maximum atomic E-state index is 4.75. The highest BCUT2D eigenvalue weighted by molar-refractivity contribution is 5.84. The van der Waals surface area contributed by atoms with Gasteiger partial charge in [0.15, 0.2) is 0 Å². The first-order chi connectivity index (χ1) is 11.3. The number of pyridine rings is 1. The Hall–Kier alpha value is -2.19. The van der Waals surface area contributed by atoms with Crippen LogP contribution in [0.1, 0.15) is 24.1 Å². The van der Waals surface area contributed by atoms with Gasteiger partial charge in [0, 0.05) is 23.2 Å². The van der Waals surface area contributed by atoms with Crippen LogP contribution in [0.3, 0.4) is 0 Å². The maximum absolute atomic E-state index is 4.75. The molecule has 2 nitrogen and oxygen atoms in total. The molecule has 0 N–H and O–H groups in total. The van der Waals surface area contributed by atoms with Gasteiger partial charge in [-0.2, -0.15) is 0 Å². The molecule has 0 saturated carbocycles. The highest BCUT2D eigenvalue weighted by atomic mass is 15.1. The predicted molar refractivity (Wildman–Crippen MR) is 96.4 cm³/mol. The van der Waals surface area contributed by atoms with Crippen LogP contribution in [0.2, 0.25) is 0 Å². The van der Waals surface area contributed by atoms with E-state index < -0.39 is 0 Å². The fourth-order valence-electron chi connectivity index (χ4n) is 3.49. The van der Waals surface area contributed by atoms with Gasteiger partial charge < -0.3 is 0 Å². The summed E-state index contributed by atoms with van der Waals surface area (Å²) in [4.78, 5) is 7.29. The molecule has 3 aromatic rings. The van der Waals surface area contributed by atoms with E-state index >= 15 is 0 Å². The summed E-state index contributed by atoms with van der Waals surface area (Å²) in [5, 5.41) is 1.20. The highest BCUT2D eigenvalue weighted by Crippen LogP contribution is 2.27. The van der Waals surface area contributed by atoms with Crippen LogP contribution in [-0.2, 0) is 6.54 Å². The first-order valence-corrected chi connectivity index (χ1v) is 8.48. The van der Waals surface area contributed by atoms with E-state index in [-0.39, 0.29) is 0 Å². The highest BCUT2D eigenvalue weighted by Gasteiger charge is 2.12. The molecule has 2 heteroatoms. The molecule has 1 fully saturated rings. The summed E-state index contributed by atoms with van der Waals surface area (Å²) in [5.74, 6) is 0. The van der Waals surface area contributed by atoms with E-state index in [0.717, 1.165) is 17.8 Å². The number of nitrogens with zero attached hydrogens (tertiary/aromatic N) is 2. The van der Waals surface area contributed by atoms with Crippen molar-refractivity contribution in [2.75, 3.05) is 13.1 Å². The largest absolute Gasteiger partial charge is 0.299 e. The molecule has 1 saturated heterocycles. The SMILES string of the molecule is Cc1nc2ccccc2cc1-c1ccc(CN2CCCC2)cc1. The summed E-state index contributed by atoms with van der Waals surface area (Å²) in [7, 11) is 0. The minimum atomic E-state index is 1.07. The molecular weight excluding hydrogens is 280 g/mol. The number of para-hydroxylation sites is 1. The van der Waals surface area contributed by atoms with Gasteiger partial charge in [0.25, 0.3) is 0 Å². The molecule has 0 atom stereocenters. The van der Waals surface area contributed by atoms with Gasteiger partial charge in [-0.05, 0) is 56.1 Å². The van der Waals surface area contributed by atoms with Crippen LogP contribution in [0, 0.1) is 6.92 Å². The Morgan fingerprint density at radius 2 is 1.70 bits per heavy atom. The number of hydrogen-bond donors (Lipinski definition) is 0. The molecule has 1 aliphatic heterocycles.